The Labute approximate surface area is 408 Å². The monoisotopic (exact) mass is 923 g/mol. The van der Waals surface area contributed by atoms with Crippen LogP contribution in [0.2, 0.25) is 0 Å². The summed E-state index contributed by atoms with van der Waals surface area (Å²) in [6, 6.07) is 30.1. The van der Waals surface area contributed by atoms with Gasteiger partial charge >= 0.3 is 12.3 Å². The van der Waals surface area contributed by atoms with Crippen molar-refractivity contribution < 1.29 is 28.5 Å². The summed E-state index contributed by atoms with van der Waals surface area (Å²) in [5.41, 5.74) is 4.66. The van der Waals surface area contributed by atoms with Crippen molar-refractivity contribution in [2.75, 3.05) is 13.2 Å². The maximum absolute atomic E-state index is 13.7. The first kappa shape index (κ1) is 52.3. The van der Waals surface area contributed by atoms with Crippen molar-refractivity contribution in [3.63, 3.8) is 0 Å². The first-order valence-electron chi connectivity index (χ1n) is 27.0. The zero-order chi connectivity index (χ0) is 48.1. The molecule has 2 unspecified atom stereocenters. The molecule has 2 atom stereocenters. The molecule has 0 radical (unpaired) electrons. The smallest absolute Gasteiger partial charge is 0.434 e. The second kappa shape index (κ2) is 27.8. The van der Waals surface area contributed by atoms with Gasteiger partial charge in [-0.2, -0.15) is 0 Å². The van der Waals surface area contributed by atoms with E-state index in [2.05, 4.69) is 114 Å². The van der Waals surface area contributed by atoms with Gasteiger partial charge in [0.15, 0.2) is 0 Å². The van der Waals surface area contributed by atoms with E-state index in [9.17, 15) is 9.59 Å². The zero-order valence-electron chi connectivity index (χ0n) is 42.7. The molecule has 0 aliphatic rings. The van der Waals surface area contributed by atoms with E-state index in [-0.39, 0.29) is 0 Å². The van der Waals surface area contributed by atoms with Crippen molar-refractivity contribution in [3.8, 4) is 22.6 Å². The van der Waals surface area contributed by atoms with Crippen LogP contribution in [0.4, 0.5) is 9.59 Å². The van der Waals surface area contributed by atoms with E-state index in [1.807, 2.05) is 12.1 Å². The molecule has 0 aliphatic heterocycles. The third-order valence-electron chi connectivity index (χ3n) is 14.3. The third-order valence-corrected chi connectivity index (χ3v) is 14.3. The molecular weight excluding hydrogens is 841 g/mol. The molecule has 0 spiro atoms. The summed E-state index contributed by atoms with van der Waals surface area (Å²) in [6.45, 7) is 14.2. The molecule has 0 heterocycles. The van der Waals surface area contributed by atoms with Crippen molar-refractivity contribution in [2.45, 2.75) is 183 Å². The molecule has 0 amide bonds. The maximum Gasteiger partial charge on any atom is 0.513 e. The molecule has 0 saturated heterocycles. The van der Waals surface area contributed by atoms with Crippen LogP contribution in [0.25, 0.3) is 54.2 Å². The summed E-state index contributed by atoms with van der Waals surface area (Å²) in [4.78, 5) is 27.3. The Morgan fingerprint density at radius 3 is 1.13 bits per heavy atom. The molecule has 0 aliphatic carbocycles. The van der Waals surface area contributed by atoms with Crippen LogP contribution in [0.15, 0.2) is 84.9 Å². The Hall–Kier alpha value is -5.10. The van der Waals surface area contributed by atoms with Crippen LogP contribution in [0.1, 0.15) is 181 Å². The Morgan fingerprint density at radius 1 is 0.397 bits per heavy atom. The Bertz CT molecular complexity index is 2340. The lowest BCUT2D eigenvalue weighted by Crippen LogP contribution is -2.12. The van der Waals surface area contributed by atoms with Crippen LogP contribution in [-0.2, 0) is 22.3 Å². The Morgan fingerprint density at radius 2 is 0.750 bits per heavy atom. The van der Waals surface area contributed by atoms with Gasteiger partial charge in [0.25, 0.3) is 0 Å². The average Bonchev–Trinajstić information content (AvgIpc) is 3.36. The van der Waals surface area contributed by atoms with Gasteiger partial charge in [0.05, 0.1) is 13.2 Å². The first-order valence-corrected chi connectivity index (χ1v) is 27.0. The largest absolute Gasteiger partial charge is 0.513 e. The molecule has 6 nitrogen and oxygen atoms in total. The van der Waals surface area contributed by atoms with Gasteiger partial charge in [-0.05, 0) is 81.3 Å². The molecule has 6 heteroatoms. The summed E-state index contributed by atoms with van der Waals surface area (Å²) in [5, 5.41) is 7.39. The molecule has 6 aromatic carbocycles. The fraction of sp³-hybridized carbons (Fsp3) is 0.516. The minimum Gasteiger partial charge on any atom is -0.434 e. The Balaban J connectivity index is 1.55. The van der Waals surface area contributed by atoms with E-state index >= 15 is 0 Å². The van der Waals surface area contributed by atoms with E-state index in [1.54, 1.807) is 0 Å². The van der Waals surface area contributed by atoms with Crippen molar-refractivity contribution in [2.24, 2.45) is 11.8 Å². The second-order valence-electron chi connectivity index (χ2n) is 19.4. The number of fused-ring (bicyclic) bond motifs is 4. The second-order valence-corrected chi connectivity index (χ2v) is 19.4. The number of rotatable bonds is 29. The predicted octanol–water partition coefficient (Wildman–Crippen LogP) is 19.2. The van der Waals surface area contributed by atoms with Crippen LogP contribution < -0.4 is 9.47 Å². The summed E-state index contributed by atoms with van der Waals surface area (Å²) < 4.78 is 24.2. The minimum absolute atomic E-state index is 0.331. The molecule has 0 saturated carbocycles. The SMILES string of the molecule is CCCCCCCCOC(=O)Oc1c2ccccc2c(-c2c3ccccc3c(OC(=O)OCCCCCCCC)c3ccc(CC(CC)CCCC)cc23)c2cc(CC(CC)CCCC)ccc12. The first-order chi connectivity index (χ1) is 33.3. The minimum atomic E-state index is -0.675. The quantitative estimate of drug-likeness (QED) is 0.0202. The zero-order valence-corrected chi connectivity index (χ0v) is 42.7. The van der Waals surface area contributed by atoms with Gasteiger partial charge < -0.3 is 18.9 Å². The number of carbonyl (C=O) groups excluding carboxylic acids is 2. The van der Waals surface area contributed by atoms with E-state index < -0.39 is 12.3 Å². The highest BCUT2D eigenvalue weighted by atomic mass is 16.7. The third kappa shape index (κ3) is 14.0. The molecule has 0 bridgehead atoms. The van der Waals surface area contributed by atoms with E-state index in [0.717, 1.165) is 118 Å². The number of unbranched alkanes of at least 4 members (excludes halogenated alkanes) is 12. The van der Waals surface area contributed by atoms with Crippen molar-refractivity contribution in [1.29, 1.82) is 0 Å². The summed E-state index contributed by atoms with van der Waals surface area (Å²) in [6.07, 6.45) is 23.2. The van der Waals surface area contributed by atoms with Crippen molar-refractivity contribution >= 4 is 55.4 Å². The number of hydrogen-bond donors (Lipinski definition) is 0. The number of hydrogen-bond acceptors (Lipinski definition) is 6. The summed E-state index contributed by atoms with van der Waals surface area (Å²) >= 11 is 0. The Kier molecular flexibility index (Phi) is 21.4. The number of carbonyl (C=O) groups is 2. The molecule has 0 aromatic heterocycles. The van der Waals surface area contributed by atoms with E-state index in [1.165, 1.54) is 88.2 Å². The van der Waals surface area contributed by atoms with Gasteiger partial charge in [0.2, 0.25) is 0 Å². The van der Waals surface area contributed by atoms with Crippen LogP contribution in [0.3, 0.4) is 0 Å². The molecule has 0 N–H and O–H groups in total. The van der Waals surface area contributed by atoms with E-state index in [4.69, 9.17) is 18.9 Å². The highest BCUT2D eigenvalue weighted by Gasteiger charge is 2.26. The molecule has 0 fully saturated rings. The molecule has 366 valence electrons. The van der Waals surface area contributed by atoms with Gasteiger partial charge in [0, 0.05) is 21.5 Å². The van der Waals surface area contributed by atoms with Gasteiger partial charge in [-0.3, -0.25) is 0 Å². The summed E-state index contributed by atoms with van der Waals surface area (Å²) in [5.74, 6) is 2.15. The number of benzene rings is 6. The van der Waals surface area contributed by atoms with Gasteiger partial charge in [-0.1, -0.05) is 242 Å². The average molecular weight is 923 g/mol. The van der Waals surface area contributed by atoms with Crippen molar-refractivity contribution in [3.05, 3.63) is 96.1 Å². The van der Waals surface area contributed by atoms with Crippen LogP contribution in [0.5, 0.6) is 11.5 Å². The van der Waals surface area contributed by atoms with Gasteiger partial charge in [-0.25, -0.2) is 9.59 Å². The van der Waals surface area contributed by atoms with Crippen LogP contribution in [-0.4, -0.2) is 25.5 Å². The lowest BCUT2D eigenvalue weighted by Gasteiger charge is -2.23. The summed E-state index contributed by atoms with van der Waals surface area (Å²) in [7, 11) is 0. The molecule has 68 heavy (non-hydrogen) atoms. The maximum atomic E-state index is 13.7. The van der Waals surface area contributed by atoms with E-state index in [0.29, 0.717) is 36.5 Å². The van der Waals surface area contributed by atoms with Gasteiger partial charge in [0.1, 0.15) is 11.5 Å². The van der Waals surface area contributed by atoms with Crippen molar-refractivity contribution in [1.82, 2.24) is 0 Å². The predicted molar refractivity (Wildman–Crippen MR) is 287 cm³/mol. The van der Waals surface area contributed by atoms with Crippen LogP contribution >= 0.6 is 0 Å². The molecule has 6 rings (SSSR count). The van der Waals surface area contributed by atoms with Gasteiger partial charge in [-0.15, -0.1) is 0 Å². The fourth-order valence-corrected chi connectivity index (χ4v) is 10.2. The lowest BCUT2D eigenvalue weighted by molar-refractivity contribution is 0.0972. The number of ether oxygens (including phenoxy) is 4. The molecular formula is C62H82O6. The fourth-order valence-electron chi connectivity index (χ4n) is 10.2. The van der Waals surface area contributed by atoms with Crippen LogP contribution in [0, 0.1) is 11.8 Å². The topological polar surface area (TPSA) is 71.1 Å². The highest BCUT2D eigenvalue weighted by molar-refractivity contribution is 6.27. The normalized spacial score (nSPS) is 12.5. The molecule has 6 aromatic rings. The highest BCUT2D eigenvalue weighted by Crippen LogP contribution is 2.50. The standard InChI is InChI=1S/C62H82O6/c1-7-13-17-19-21-27-39-65-61(63)67-59-51-33-25-23-31-49(51)57(55-43-47(35-37-53(55)59)41-45(11-5)29-15-9-3)58-50-32-24-26-34-52(50)60(68-62(64)66-40-28-22-20-18-14-8-2)54-38-36-48(44-56(54)58)42-46(12-6)30-16-10-4/h23-26,31-38,43-46H,7-22,27-30,39-42H2,1-6H3. The lowest BCUT2D eigenvalue weighted by atomic mass is 9.83.